The number of benzene rings is 1. The molecule has 1 aromatic carbocycles. The van der Waals surface area contributed by atoms with Gasteiger partial charge >= 0.3 is 0 Å². The Morgan fingerprint density at radius 2 is 1.94 bits per heavy atom. The molecule has 11 heteroatoms. The van der Waals surface area contributed by atoms with Crippen LogP contribution in [0, 0.1) is 11.3 Å². The number of amides is 1. The summed E-state index contributed by atoms with van der Waals surface area (Å²) in [6.45, 7) is 0.933. The van der Waals surface area contributed by atoms with Crippen molar-refractivity contribution in [3.05, 3.63) is 53.2 Å². The minimum absolute atomic E-state index is 0.00443. The van der Waals surface area contributed by atoms with E-state index in [1.165, 1.54) is 27.8 Å². The molecule has 2 aromatic heterocycles. The molecule has 3 heterocycles. The molecule has 0 bridgehead atoms. The predicted molar refractivity (Wildman–Crippen MR) is 112 cm³/mol. The maximum Gasteiger partial charge on any atom is 0.244 e. The highest BCUT2D eigenvalue weighted by atomic mass is 32.2. The van der Waals surface area contributed by atoms with E-state index in [-0.39, 0.29) is 49.0 Å². The Kier molecular flexibility index (Phi) is 6.13. The quantitative estimate of drug-likeness (QED) is 0.556. The standard InChI is InChI=1S/C20H19N5O4S2/c21-14-15-4-1-2-6-17(15)31(27,28)25-11-9-24(10-12-25)19(26)8-7-18-22-20(23-29-18)16-5-3-13-30-16/h1-6,13H,7-12H2. The fourth-order valence-corrected chi connectivity index (χ4v) is 5.55. The Morgan fingerprint density at radius 1 is 1.16 bits per heavy atom. The van der Waals surface area contributed by atoms with E-state index in [0.29, 0.717) is 18.1 Å². The second kappa shape index (κ2) is 8.97. The number of sulfonamides is 1. The highest BCUT2D eigenvalue weighted by Gasteiger charge is 2.31. The van der Waals surface area contributed by atoms with Crippen molar-refractivity contribution in [1.29, 1.82) is 5.26 Å². The SMILES string of the molecule is N#Cc1ccccc1S(=O)(=O)N1CCN(C(=O)CCc2nc(-c3cccs3)no2)CC1. The van der Waals surface area contributed by atoms with E-state index in [9.17, 15) is 18.5 Å². The van der Waals surface area contributed by atoms with Crippen LogP contribution < -0.4 is 0 Å². The summed E-state index contributed by atoms with van der Waals surface area (Å²) >= 11 is 1.51. The average Bonchev–Trinajstić information content (AvgIpc) is 3.49. The third-order valence-electron chi connectivity index (χ3n) is 4.98. The highest BCUT2D eigenvalue weighted by Crippen LogP contribution is 2.23. The van der Waals surface area contributed by atoms with Crippen LogP contribution in [0.1, 0.15) is 17.9 Å². The van der Waals surface area contributed by atoms with Gasteiger partial charge in [-0.2, -0.15) is 14.6 Å². The Morgan fingerprint density at radius 3 is 2.65 bits per heavy atom. The van der Waals surface area contributed by atoms with Crippen LogP contribution in [-0.4, -0.2) is 59.8 Å². The highest BCUT2D eigenvalue weighted by molar-refractivity contribution is 7.89. The number of aryl methyl sites for hydroxylation is 1. The lowest BCUT2D eigenvalue weighted by Gasteiger charge is -2.34. The van der Waals surface area contributed by atoms with Gasteiger partial charge < -0.3 is 9.42 Å². The van der Waals surface area contributed by atoms with E-state index in [1.807, 2.05) is 23.6 Å². The molecule has 1 fully saturated rings. The largest absolute Gasteiger partial charge is 0.340 e. The number of thiophene rings is 1. The zero-order valence-electron chi connectivity index (χ0n) is 16.5. The number of hydrogen-bond acceptors (Lipinski definition) is 8. The fourth-order valence-electron chi connectivity index (χ4n) is 3.34. The number of hydrogen-bond donors (Lipinski definition) is 0. The van der Waals surface area contributed by atoms with Crippen molar-refractivity contribution in [2.45, 2.75) is 17.7 Å². The second-order valence-corrected chi connectivity index (χ2v) is 9.74. The number of piperazine rings is 1. The van der Waals surface area contributed by atoms with Gasteiger partial charge in [-0.15, -0.1) is 11.3 Å². The monoisotopic (exact) mass is 457 g/mol. The number of aromatic nitrogens is 2. The molecule has 0 atom stereocenters. The van der Waals surface area contributed by atoms with Gasteiger partial charge in [0.05, 0.1) is 15.3 Å². The van der Waals surface area contributed by atoms with Gasteiger partial charge in [0.25, 0.3) is 0 Å². The van der Waals surface area contributed by atoms with Gasteiger partial charge in [-0.05, 0) is 23.6 Å². The molecule has 0 N–H and O–H groups in total. The maximum atomic E-state index is 12.9. The van der Waals surface area contributed by atoms with Gasteiger partial charge in [-0.3, -0.25) is 4.79 Å². The smallest absolute Gasteiger partial charge is 0.244 e. The van der Waals surface area contributed by atoms with E-state index in [1.54, 1.807) is 17.0 Å². The van der Waals surface area contributed by atoms with Crippen molar-refractivity contribution < 1.29 is 17.7 Å². The normalized spacial score (nSPS) is 15.0. The Balaban J connectivity index is 1.32. The summed E-state index contributed by atoms with van der Waals surface area (Å²) in [7, 11) is -3.79. The fraction of sp³-hybridized carbons (Fsp3) is 0.300. The van der Waals surface area contributed by atoms with Crippen LogP contribution in [0.3, 0.4) is 0 Å². The second-order valence-electron chi connectivity index (χ2n) is 6.88. The van der Waals surface area contributed by atoms with Crippen LogP contribution in [0.15, 0.2) is 51.2 Å². The molecule has 0 radical (unpaired) electrons. The first-order valence-electron chi connectivity index (χ1n) is 9.62. The summed E-state index contributed by atoms with van der Waals surface area (Å²) in [6, 6.07) is 11.8. The molecule has 0 spiro atoms. The molecular formula is C20H19N5O4S2. The van der Waals surface area contributed by atoms with E-state index in [2.05, 4.69) is 10.1 Å². The molecule has 160 valence electrons. The zero-order valence-corrected chi connectivity index (χ0v) is 18.1. The summed E-state index contributed by atoms with van der Waals surface area (Å²) in [6.07, 6.45) is 0.529. The van der Waals surface area contributed by atoms with Crippen LogP contribution in [0.2, 0.25) is 0 Å². The molecule has 1 amide bonds. The van der Waals surface area contributed by atoms with Gasteiger partial charge in [0, 0.05) is 39.0 Å². The molecule has 3 aromatic rings. The van der Waals surface area contributed by atoms with Gasteiger partial charge in [0.1, 0.15) is 6.07 Å². The summed E-state index contributed by atoms with van der Waals surface area (Å²) in [5, 5.41) is 15.1. The lowest BCUT2D eigenvalue weighted by atomic mass is 10.2. The number of carbonyl (C=O) groups excluding carboxylic acids is 1. The van der Waals surface area contributed by atoms with Crippen molar-refractivity contribution >= 4 is 27.3 Å². The average molecular weight is 458 g/mol. The molecular weight excluding hydrogens is 438 g/mol. The first-order chi connectivity index (χ1) is 15.0. The number of rotatable bonds is 6. The maximum absolute atomic E-state index is 12.9. The molecule has 4 rings (SSSR count). The zero-order chi connectivity index (χ0) is 21.8. The molecule has 9 nitrogen and oxygen atoms in total. The molecule has 31 heavy (non-hydrogen) atoms. The third-order valence-corrected chi connectivity index (χ3v) is 7.80. The van der Waals surface area contributed by atoms with Crippen LogP contribution in [0.5, 0.6) is 0 Å². The molecule has 0 aliphatic carbocycles. The van der Waals surface area contributed by atoms with Crippen molar-refractivity contribution in [2.75, 3.05) is 26.2 Å². The Hall–Kier alpha value is -3.07. The minimum Gasteiger partial charge on any atom is -0.340 e. The molecule has 0 saturated carbocycles. The summed E-state index contributed by atoms with van der Waals surface area (Å²) in [5.74, 6) is 0.811. The van der Waals surface area contributed by atoms with Crippen LogP contribution in [0.4, 0.5) is 0 Å². The van der Waals surface area contributed by atoms with Gasteiger partial charge in [0.2, 0.25) is 27.6 Å². The summed E-state index contributed by atoms with van der Waals surface area (Å²) < 4.78 is 32.3. The van der Waals surface area contributed by atoms with E-state index in [0.717, 1.165) is 4.88 Å². The first-order valence-corrected chi connectivity index (χ1v) is 11.9. The Bertz CT molecular complexity index is 1210. The molecule has 1 aliphatic heterocycles. The van der Waals surface area contributed by atoms with Crippen LogP contribution in [-0.2, 0) is 21.2 Å². The minimum atomic E-state index is -3.79. The van der Waals surface area contributed by atoms with Crippen molar-refractivity contribution in [1.82, 2.24) is 19.3 Å². The number of nitriles is 1. The Labute approximate surface area is 183 Å². The van der Waals surface area contributed by atoms with Gasteiger partial charge in [0.15, 0.2) is 0 Å². The number of carbonyl (C=O) groups is 1. The van der Waals surface area contributed by atoms with E-state index < -0.39 is 10.0 Å². The van der Waals surface area contributed by atoms with Crippen molar-refractivity contribution in [3.63, 3.8) is 0 Å². The van der Waals surface area contributed by atoms with Crippen LogP contribution >= 0.6 is 11.3 Å². The van der Waals surface area contributed by atoms with E-state index >= 15 is 0 Å². The molecule has 1 aliphatic rings. The lowest BCUT2D eigenvalue weighted by Crippen LogP contribution is -2.50. The predicted octanol–water partition coefficient (Wildman–Crippen LogP) is 2.14. The topological polar surface area (TPSA) is 120 Å². The third kappa shape index (κ3) is 4.51. The van der Waals surface area contributed by atoms with Crippen molar-refractivity contribution in [2.24, 2.45) is 0 Å². The summed E-state index contributed by atoms with van der Waals surface area (Å²) in [5.41, 5.74) is 0.113. The first kappa shape index (κ1) is 21.2. The molecule has 0 unspecified atom stereocenters. The van der Waals surface area contributed by atoms with Crippen LogP contribution in [0.25, 0.3) is 10.7 Å². The number of nitrogens with zero attached hydrogens (tertiary/aromatic N) is 5. The molecule has 1 saturated heterocycles. The summed E-state index contributed by atoms with van der Waals surface area (Å²) in [4.78, 5) is 19.4. The lowest BCUT2D eigenvalue weighted by molar-refractivity contribution is -0.132. The van der Waals surface area contributed by atoms with Crippen molar-refractivity contribution in [3.8, 4) is 16.8 Å². The van der Waals surface area contributed by atoms with Gasteiger partial charge in [-0.1, -0.05) is 23.4 Å². The van der Waals surface area contributed by atoms with Gasteiger partial charge in [-0.25, -0.2) is 8.42 Å². The van der Waals surface area contributed by atoms with E-state index in [4.69, 9.17) is 4.52 Å².